The van der Waals surface area contributed by atoms with Gasteiger partial charge in [0.1, 0.15) is 11.6 Å². The summed E-state index contributed by atoms with van der Waals surface area (Å²) in [7, 11) is 0. The molecule has 2 nitrogen and oxygen atoms in total. The van der Waals surface area contributed by atoms with Crippen LogP contribution in [-0.4, -0.2) is 11.5 Å². The van der Waals surface area contributed by atoms with Crippen LogP contribution in [0.2, 0.25) is 0 Å². The molecule has 2 aromatic rings. The molecule has 102 valence electrons. The number of benzene rings is 1. The standard InChI is InChI=1S/C13H13BrF2N2S/c1-3-17-12(13-7(2)18-6-19-13)10-9(15)5-4-8(14)11(10)16/h4-6,12,17H,3H2,1-2H3. The highest BCUT2D eigenvalue weighted by Crippen LogP contribution is 2.33. The van der Waals surface area contributed by atoms with Crippen LogP contribution in [0.4, 0.5) is 8.78 Å². The third kappa shape index (κ3) is 2.85. The van der Waals surface area contributed by atoms with Crippen molar-refractivity contribution in [3.63, 3.8) is 0 Å². The van der Waals surface area contributed by atoms with Gasteiger partial charge in [0.2, 0.25) is 0 Å². The predicted molar refractivity (Wildman–Crippen MR) is 76.4 cm³/mol. The molecule has 1 N–H and O–H groups in total. The topological polar surface area (TPSA) is 24.9 Å². The molecule has 0 fully saturated rings. The molecule has 1 atom stereocenters. The molecular formula is C13H13BrF2N2S. The van der Waals surface area contributed by atoms with Gasteiger partial charge in [0.15, 0.2) is 0 Å². The maximum atomic E-state index is 14.2. The van der Waals surface area contributed by atoms with E-state index in [2.05, 4.69) is 26.2 Å². The molecule has 0 spiro atoms. The number of nitrogens with one attached hydrogen (secondary N) is 1. The van der Waals surface area contributed by atoms with E-state index >= 15 is 0 Å². The number of aromatic nitrogens is 1. The summed E-state index contributed by atoms with van der Waals surface area (Å²) in [6.45, 7) is 4.34. The van der Waals surface area contributed by atoms with Crippen LogP contribution in [0.5, 0.6) is 0 Å². The van der Waals surface area contributed by atoms with Gasteiger partial charge in [0.25, 0.3) is 0 Å². The van der Waals surface area contributed by atoms with Gasteiger partial charge < -0.3 is 5.32 Å². The first-order valence-electron chi connectivity index (χ1n) is 5.83. The summed E-state index contributed by atoms with van der Waals surface area (Å²) in [4.78, 5) is 4.98. The highest BCUT2D eigenvalue weighted by Gasteiger charge is 2.25. The van der Waals surface area contributed by atoms with E-state index in [1.807, 2.05) is 13.8 Å². The number of hydrogen-bond acceptors (Lipinski definition) is 3. The zero-order chi connectivity index (χ0) is 14.0. The second-order valence-electron chi connectivity index (χ2n) is 4.05. The molecule has 0 saturated heterocycles. The van der Waals surface area contributed by atoms with Crippen molar-refractivity contribution in [2.45, 2.75) is 19.9 Å². The lowest BCUT2D eigenvalue weighted by atomic mass is 10.0. The van der Waals surface area contributed by atoms with Crippen LogP contribution in [0, 0.1) is 18.6 Å². The average Bonchev–Trinajstić information content (AvgIpc) is 2.79. The van der Waals surface area contributed by atoms with Crippen LogP contribution in [0.3, 0.4) is 0 Å². The Labute approximate surface area is 123 Å². The van der Waals surface area contributed by atoms with Crippen molar-refractivity contribution in [2.24, 2.45) is 0 Å². The molecule has 0 bridgehead atoms. The number of thiazole rings is 1. The lowest BCUT2D eigenvalue weighted by Gasteiger charge is -2.19. The normalized spacial score (nSPS) is 12.7. The molecule has 1 heterocycles. The summed E-state index contributed by atoms with van der Waals surface area (Å²) < 4.78 is 28.5. The Hall–Kier alpha value is -0.850. The molecule has 0 saturated carbocycles. The summed E-state index contributed by atoms with van der Waals surface area (Å²) in [5.74, 6) is -1.13. The van der Waals surface area contributed by atoms with Crippen LogP contribution < -0.4 is 5.32 Å². The second-order valence-corrected chi connectivity index (χ2v) is 5.79. The van der Waals surface area contributed by atoms with Gasteiger partial charge in [-0.1, -0.05) is 6.92 Å². The number of halogens is 3. The third-order valence-electron chi connectivity index (χ3n) is 2.82. The Kier molecular flexibility index (Phi) is 4.65. The van der Waals surface area contributed by atoms with Gasteiger partial charge in [-0.2, -0.15) is 0 Å². The van der Waals surface area contributed by atoms with Crippen molar-refractivity contribution in [2.75, 3.05) is 6.54 Å². The first kappa shape index (κ1) is 14.6. The highest BCUT2D eigenvalue weighted by molar-refractivity contribution is 9.10. The van der Waals surface area contributed by atoms with E-state index in [0.29, 0.717) is 6.54 Å². The number of nitrogens with zero attached hydrogens (tertiary/aromatic N) is 1. The van der Waals surface area contributed by atoms with E-state index in [1.165, 1.54) is 23.5 Å². The Morgan fingerprint density at radius 2 is 2.16 bits per heavy atom. The van der Waals surface area contributed by atoms with Crippen molar-refractivity contribution in [1.82, 2.24) is 10.3 Å². The first-order valence-corrected chi connectivity index (χ1v) is 7.50. The van der Waals surface area contributed by atoms with E-state index in [0.717, 1.165) is 10.6 Å². The first-order chi connectivity index (χ1) is 9.06. The van der Waals surface area contributed by atoms with E-state index in [-0.39, 0.29) is 10.0 Å². The predicted octanol–water partition coefficient (Wildman–Crippen LogP) is 4.19. The fourth-order valence-corrected chi connectivity index (χ4v) is 3.16. The highest BCUT2D eigenvalue weighted by atomic mass is 79.9. The summed E-state index contributed by atoms with van der Waals surface area (Å²) in [5, 5.41) is 3.12. The summed E-state index contributed by atoms with van der Waals surface area (Å²) >= 11 is 4.49. The lowest BCUT2D eigenvalue weighted by molar-refractivity contribution is 0.509. The van der Waals surface area contributed by atoms with Gasteiger partial charge in [-0.3, -0.25) is 0 Å². The fraction of sp³-hybridized carbons (Fsp3) is 0.308. The average molecular weight is 347 g/mol. The molecule has 0 aliphatic heterocycles. The molecule has 2 rings (SSSR count). The SMILES string of the molecule is CCNC(c1scnc1C)c1c(F)ccc(Br)c1F. The molecule has 6 heteroatoms. The molecule has 19 heavy (non-hydrogen) atoms. The maximum Gasteiger partial charge on any atom is 0.145 e. The van der Waals surface area contributed by atoms with E-state index in [9.17, 15) is 8.78 Å². The minimum absolute atomic E-state index is 0.0311. The van der Waals surface area contributed by atoms with Crippen molar-refractivity contribution < 1.29 is 8.78 Å². The molecule has 1 aromatic heterocycles. The summed E-state index contributed by atoms with van der Waals surface area (Å²) in [6, 6.07) is 2.12. The third-order valence-corrected chi connectivity index (χ3v) is 4.43. The lowest BCUT2D eigenvalue weighted by Crippen LogP contribution is -2.24. The molecule has 1 aromatic carbocycles. The van der Waals surface area contributed by atoms with Gasteiger partial charge in [0, 0.05) is 10.4 Å². The quantitative estimate of drug-likeness (QED) is 0.839. The Morgan fingerprint density at radius 3 is 2.74 bits per heavy atom. The zero-order valence-electron chi connectivity index (χ0n) is 10.5. The van der Waals surface area contributed by atoms with Gasteiger partial charge in [-0.15, -0.1) is 11.3 Å². The Morgan fingerprint density at radius 1 is 1.42 bits per heavy atom. The zero-order valence-corrected chi connectivity index (χ0v) is 12.9. The Balaban J connectivity index is 2.57. The summed E-state index contributed by atoms with van der Waals surface area (Å²) in [5.41, 5.74) is 2.50. The van der Waals surface area contributed by atoms with Gasteiger partial charge in [0.05, 0.1) is 21.7 Å². The molecule has 1 unspecified atom stereocenters. The van der Waals surface area contributed by atoms with Crippen LogP contribution in [-0.2, 0) is 0 Å². The van der Waals surface area contributed by atoms with Crippen molar-refractivity contribution in [3.05, 3.63) is 49.9 Å². The molecular weight excluding hydrogens is 334 g/mol. The van der Waals surface area contributed by atoms with Crippen molar-refractivity contribution >= 4 is 27.3 Å². The van der Waals surface area contributed by atoms with Gasteiger partial charge in [-0.25, -0.2) is 13.8 Å². The number of rotatable bonds is 4. The second kappa shape index (κ2) is 6.07. The van der Waals surface area contributed by atoms with Gasteiger partial charge in [-0.05, 0) is 41.5 Å². The van der Waals surface area contributed by atoms with Crippen LogP contribution in [0.1, 0.15) is 29.1 Å². The molecule has 0 aliphatic carbocycles. The molecule has 0 amide bonds. The van der Waals surface area contributed by atoms with Crippen LogP contribution in [0.25, 0.3) is 0 Å². The Bertz CT molecular complexity index is 586. The van der Waals surface area contributed by atoms with Crippen molar-refractivity contribution in [1.29, 1.82) is 0 Å². The molecule has 0 radical (unpaired) electrons. The monoisotopic (exact) mass is 346 g/mol. The van der Waals surface area contributed by atoms with E-state index in [1.54, 1.807) is 5.51 Å². The number of aryl methyl sites for hydroxylation is 1. The smallest absolute Gasteiger partial charge is 0.145 e. The van der Waals surface area contributed by atoms with Crippen molar-refractivity contribution in [3.8, 4) is 0 Å². The van der Waals surface area contributed by atoms with E-state index in [4.69, 9.17) is 0 Å². The van der Waals surface area contributed by atoms with Crippen LogP contribution in [0.15, 0.2) is 22.1 Å². The molecule has 0 aliphatic rings. The summed E-state index contributed by atoms with van der Waals surface area (Å²) in [6.07, 6.45) is 0. The van der Waals surface area contributed by atoms with Gasteiger partial charge >= 0.3 is 0 Å². The largest absolute Gasteiger partial charge is 0.306 e. The van der Waals surface area contributed by atoms with E-state index < -0.39 is 17.7 Å². The minimum Gasteiger partial charge on any atom is -0.306 e. The number of hydrogen-bond donors (Lipinski definition) is 1. The fourth-order valence-electron chi connectivity index (χ4n) is 1.93. The van der Waals surface area contributed by atoms with Crippen LogP contribution >= 0.6 is 27.3 Å². The maximum absolute atomic E-state index is 14.2. The minimum atomic E-state index is -0.571.